The van der Waals surface area contributed by atoms with Crippen molar-refractivity contribution in [2.75, 3.05) is 23.3 Å². The molecule has 5 nitrogen and oxygen atoms in total. The highest BCUT2D eigenvalue weighted by atomic mass is 19.1. The summed E-state index contributed by atoms with van der Waals surface area (Å²) in [6, 6.07) is 11.7. The average Bonchev–Trinajstić information content (AvgIpc) is 3.38. The van der Waals surface area contributed by atoms with Gasteiger partial charge < -0.3 is 15.5 Å². The Kier molecular flexibility index (Phi) is 10.4. The van der Waals surface area contributed by atoms with E-state index in [1.54, 1.807) is 18.2 Å². The summed E-state index contributed by atoms with van der Waals surface area (Å²) in [5.41, 5.74) is 2.91. The Morgan fingerprint density at radius 2 is 1.59 bits per heavy atom. The van der Waals surface area contributed by atoms with Gasteiger partial charge in [-0.3, -0.25) is 9.59 Å². The van der Waals surface area contributed by atoms with Gasteiger partial charge >= 0.3 is 0 Å². The molecule has 0 radical (unpaired) electrons. The number of carbonyl (C=O) groups excluding carboxylic acids is 2. The summed E-state index contributed by atoms with van der Waals surface area (Å²) in [6.07, 6.45) is 10.9. The van der Waals surface area contributed by atoms with Crippen molar-refractivity contribution >= 4 is 23.2 Å². The molecular formula is C28H38FN3O2. The summed E-state index contributed by atoms with van der Waals surface area (Å²) < 4.78 is 13.2. The first-order chi connectivity index (χ1) is 16.6. The molecule has 0 spiro atoms. The number of nitrogens with zero attached hydrogens (tertiary/aromatic N) is 1. The molecule has 184 valence electrons. The minimum Gasteiger partial charge on any atom is -0.371 e. The highest BCUT2D eigenvalue weighted by molar-refractivity contribution is 6.02. The molecule has 3 rings (SSSR count). The fourth-order valence-corrected chi connectivity index (χ4v) is 4.38. The lowest BCUT2D eigenvalue weighted by Crippen LogP contribution is -2.27. The van der Waals surface area contributed by atoms with E-state index < -0.39 is 0 Å². The zero-order chi connectivity index (χ0) is 24.2. The monoisotopic (exact) mass is 467 g/mol. The Morgan fingerprint density at radius 3 is 2.29 bits per heavy atom. The van der Waals surface area contributed by atoms with Gasteiger partial charge in [-0.2, -0.15) is 0 Å². The van der Waals surface area contributed by atoms with Crippen LogP contribution in [0.3, 0.4) is 0 Å². The summed E-state index contributed by atoms with van der Waals surface area (Å²) in [5, 5.41) is 5.91. The molecule has 0 aliphatic carbocycles. The lowest BCUT2D eigenvalue weighted by atomic mass is 10.1. The van der Waals surface area contributed by atoms with Gasteiger partial charge in [-0.1, -0.05) is 57.6 Å². The molecule has 0 unspecified atom stereocenters. The van der Waals surface area contributed by atoms with E-state index in [1.807, 2.05) is 12.1 Å². The van der Waals surface area contributed by atoms with Gasteiger partial charge in [0.25, 0.3) is 5.91 Å². The number of anilines is 2. The van der Waals surface area contributed by atoms with E-state index in [0.29, 0.717) is 24.2 Å². The molecule has 0 bridgehead atoms. The summed E-state index contributed by atoms with van der Waals surface area (Å²) in [4.78, 5) is 27.8. The molecule has 0 aromatic heterocycles. The number of unbranched alkanes of at least 4 members (excludes halogenated alkanes) is 6. The molecule has 1 aliphatic heterocycles. The standard InChI is InChI=1S/C28H38FN3O2/c1-2-3-4-5-6-7-8-11-27(33)31-24-16-17-26(32-18-9-10-19-32)25(20-24)28(34)30-21-22-12-14-23(29)15-13-22/h12-17,20H,2-11,18-19,21H2,1H3,(H,30,34)(H,31,33). The van der Waals surface area contributed by atoms with Crippen LogP contribution >= 0.6 is 0 Å². The minimum atomic E-state index is -0.300. The third kappa shape index (κ3) is 8.15. The number of benzene rings is 2. The Hall–Kier alpha value is -2.89. The molecule has 1 heterocycles. The average molecular weight is 468 g/mol. The number of hydrogen-bond acceptors (Lipinski definition) is 3. The van der Waals surface area contributed by atoms with E-state index in [0.717, 1.165) is 50.0 Å². The van der Waals surface area contributed by atoms with E-state index in [9.17, 15) is 14.0 Å². The van der Waals surface area contributed by atoms with E-state index in [4.69, 9.17) is 0 Å². The lowest BCUT2D eigenvalue weighted by molar-refractivity contribution is -0.116. The van der Waals surface area contributed by atoms with Crippen LogP contribution in [-0.4, -0.2) is 24.9 Å². The second kappa shape index (κ2) is 13.7. The van der Waals surface area contributed by atoms with Gasteiger partial charge in [0.1, 0.15) is 5.82 Å². The van der Waals surface area contributed by atoms with Crippen molar-refractivity contribution in [3.8, 4) is 0 Å². The topological polar surface area (TPSA) is 61.4 Å². The zero-order valence-corrected chi connectivity index (χ0v) is 20.4. The van der Waals surface area contributed by atoms with Crippen molar-refractivity contribution in [2.24, 2.45) is 0 Å². The number of nitrogens with one attached hydrogen (secondary N) is 2. The van der Waals surface area contributed by atoms with Gasteiger partial charge in [0.2, 0.25) is 5.91 Å². The van der Waals surface area contributed by atoms with Crippen LogP contribution in [-0.2, 0) is 11.3 Å². The maximum Gasteiger partial charge on any atom is 0.253 e. The van der Waals surface area contributed by atoms with Crippen molar-refractivity contribution < 1.29 is 14.0 Å². The predicted molar refractivity (Wildman–Crippen MR) is 137 cm³/mol. The van der Waals surface area contributed by atoms with Crippen molar-refractivity contribution in [1.82, 2.24) is 5.32 Å². The molecule has 2 amide bonds. The second-order valence-electron chi connectivity index (χ2n) is 9.15. The Bertz CT molecular complexity index is 924. The second-order valence-corrected chi connectivity index (χ2v) is 9.15. The number of halogens is 1. The molecule has 1 saturated heterocycles. The van der Waals surface area contributed by atoms with Gasteiger partial charge in [0.05, 0.1) is 5.56 Å². The maximum atomic E-state index is 13.2. The molecule has 1 fully saturated rings. The van der Waals surface area contributed by atoms with Crippen LogP contribution in [0.15, 0.2) is 42.5 Å². The van der Waals surface area contributed by atoms with Gasteiger partial charge in [-0.05, 0) is 55.2 Å². The molecular weight excluding hydrogens is 429 g/mol. The molecule has 2 N–H and O–H groups in total. The fraction of sp³-hybridized carbons (Fsp3) is 0.500. The van der Waals surface area contributed by atoms with Crippen LogP contribution in [0, 0.1) is 5.82 Å². The number of rotatable bonds is 13. The first-order valence-corrected chi connectivity index (χ1v) is 12.8. The van der Waals surface area contributed by atoms with Crippen LogP contribution in [0.25, 0.3) is 0 Å². The highest BCUT2D eigenvalue weighted by Gasteiger charge is 2.20. The summed E-state index contributed by atoms with van der Waals surface area (Å²) >= 11 is 0. The number of hydrogen-bond donors (Lipinski definition) is 2. The SMILES string of the molecule is CCCCCCCCCC(=O)Nc1ccc(N2CCCC2)c(C(=O)NCc2ccc(F)cc2)c1. The fourth-order valence-electron chi connectivity index (χ4n) is 4.38. The first kappa shape index (κ1) is 25.7. The lowest BCUT2D eigenvalue weighted by Gasteiger charge is -2.22. The van der Waals surface area contributed by atoms with Crippen LogP contribution in [0.5, 0.6) is 0 Å². The van der Waals surface area contributed by atoms with Crippen LogP contribution in [0.2, 0.25) is 0 Å². The molecule has 1 aliphatic rings. The van der Waals surface area contributed by atoms with Gasteiger partial charge in [0.15, 0.2) is 0 Å². The minimum absolute atomic E-state index is 0.0137. The molecule has 6 heteroatoms. The van der Waals surface area contributed by atoms with Gasteiger partial charge in [-0.15, -0.1) is 0 Å². The zero-order valence-electron chi connectivity index (χ0n) is 20.4. The van der Waals surface area contributed by atoms with Crippen molar-refractivity contribution in [3.05, 3.63) is 59.4 Å². The Labute approximate surface area is 203 Å². The van der Waals surface area contributed by atoms with E-state index in [-0.39, 0.29) is 17.6 Å². The third-order valence-corrected chi connectivity index (χ3v) is 6.35. The Morgan fingerprint density at radius 1 is 0.912 bits per heavy atom. The summed E-state index contributed by atoms with van der Waals surface area (Å²) in [7, 11) is 0. The van der Waals surface area contributed by atoms with Crippen molar-refractivity contribution in [2.45, 2.75) is 77.7 Å². The number of amides is 2. The molecule has 0 saturated carbocycles. The molecule has 2 aromatic rings. The Balaban J connectivity index is 1.59. The largest absolute Gasteiger partial charge is 0.371 e. The van der Waals surface area contributed by atoms with E-state index in [1.165, 1.54) is 44.2 Å². The first-order valence-electron chi connectivity index (χ1n) is 12.8. The van der Waals surface area contributed by atoms with Crippen LogP contribution in [0.4, 0.5) is 15.8 Å². The number of carbonyl (C=O) groups is 2. The predicted octanol–water partition coefficient (Wildman–Crippen LogP) is 6.44. The smallest absolute Gasteiger partial charge is 0.253 e. The quantitative estimate of drug-likeness (QED) is 0.334. The van der Waals surface area contributed by atoms with Gasteiger partial charge in [0, 0.05) is 37.4 Å². The normalized spacial score (nSPS) is 13.2. The molecule has 0 atom stereocenters. The maximum absolute atomic E-state index is 13.2. The third-order valence-electron chi connectivity index (χ3n) is 6.35. The molecule has 2 aromatic carbocycles. The van der Waals surface area contributed by atoms with Crippen LogP contribution in [0.1, 0.15) is 87.1 Å². The van der Waals surface area contributed by atoms with Gasteiger partial charge in [-0.25, -0.2) is 4.39 Å². The molecule has 34 heavy (non-hydrogen) atoms. The van der Waals surface area contributed by atoms with Crippen molar-refractivity contribution in [1.29, 1.82) is 0 Å². The summed E-state index contributed by atoms with van der Waals surface area (Å²) in [6.45, 7) is 4.36. The van der Waals surface area contributed by atoms with E-state index >= 15 is 0 Å². The highest BCUT2D eigenvalue weighted by Crippen LogP contribution is 2.28. The van der Waals surface area contributed by atoms with Crippen LogP contribution < -0.4 is 15.5 Å². The summed E-state index contributed by atoms with van der Waals surface area (Å²) in [5.74, 6) is -0.513. The van der Waals surface area contributed by atoms with Crippen molar-refractivity contribution in [3.63, 3.8) is 0 Å². The van der Waals surface area contributed by atoms with E-state index in [2.05, 4.69) is 22.5 Å².